The lowest BCUT2D eigenvalue weighted by atomic mass is 10.3. The minimum absolute atomic E-state index is 0.101. The molecule has 0 aliphatic heterocycles. The Balaban J connectivity index is 2.54. The molecule has 1 aromatic carbocycles. The lowest BCUT2D eigenvalue weighted by molar-refractivity contribution is -0.384. The molecule has 1 aromatic rings. The van der Waals surface area contributed by atoms with E-state index in [0.29, 0.717) is 0 Å². The quantitative estimate of drug-likeness (QED) is 0.343. The molecule has 0 atom stereocenters. The number of benzene rings is 1. The van der Waals surface area contributed by atoms with Crippen molar-refractivity contribution in [3.63, 3.8) is 0 Å². The minimum atomic E-state index is -1.03. The van der Waals surface area contributed by atoms with Crippen molar-refractivity contribution in [2.75, 3.05) is 6.61 Å². The summed E-state index contributed by atoms with van der Waals surface area (Å²) in [7, 11) is 0. The Bertz CT molecular complexity index is 439. The van der Waals surface area contributed by atoms with E-state index in [9.17, 15) is 19.7 Å². The molecule has 17 heavy (non-hydrogen) atoms. The van der Waals surface area contributed by atoms with E-state index in [1.807, 2.05) is 0 Å². The first kappa shape index (κ1) is 12.6. The molecule has 0 aliphatic rings. The Morgan fingerprint density at radius 3 is 2.35 bits per heavy atom. The summed E-state index contributed by atoms with van der Waals surface area (Å²) < 4.78 is 9.10. The average molecular weight is 239 g/mol. The Labute approximate surface area is 96.1 Å². The Hall–Kier alpha value is -2.44. The molecule has 1 rings (SSSR count). The van der Waals surface area contributed by atoms with E-state index in [4.69, 9.17) is 0 Å². The highest BCUT2D eigenvalue weighted by Crippen LogP contribution is 2.17. The second-order valence-corrected chi connectivity index (χ2v) is 3.09. The number of hydrogen-bond acceptors (Lipinski definition) is 6. The fourth-order valence-corrected chi connectivity index (χ4v) is 0.922. The van der Waals surface area contributed by atoms with Crippen molar-refractivity contribution >= 4 is 17.6 Å². The first-order valence-corrected chi connectivity index (χ1v) is 4.57. The van der Waals surface area contributed by atoms with Crippen LogP contribution in [-0.4, -0.2) is 23.5 Å². The van der Waals surface area contributed by atoms with Gasteiger partial charge in [-0.3, -0.25) is 14.9 Å². The van der Waals surface area contributed by atoms with Gasteiger partial charge >= 0.3 is 6.16 Å². The summed E-state index contributed by atoms with van der Waals surface area (Å²) in [5, 5.41) is 10.3. The Morgan fingerprint density at radius 1 is 1.29 bits per heavy atom. The van der Waals surface area contributed by atoms with Gasteiger partial charge in [0.1, 0.15) is 5.75 Å². The maximum atomic E-state index is 11.0. The number of carbonyl (C=O) groups excluding carboxylic acids is 2. The van der Waals surface area contributed by atoms with Gasteiger partial charge in [-0.2, -0.15) is 0 Å². The molecule has 0 spiro atoms. The normalized spacial score (nSPS) is 9.47. The summed E-state index contributed by atoms with van der Waals surface area (Å²) in [6.07, 6.45) is -1.03. The Kier molecular flexibility index (Phi) is 4.15. The van der Waals surface area contributed by atoms with Crippen molar-refractivity contribution in [1.29, 1.82) is 0 Å². The van der Waals surface area contributed by atoms with Crippen molar-refractivity contribution in [2.45, 2.75) is 6.92 Å². The number of hydrogen-bond donors (Lipinski definition) is 0. The van der Waals surface area contributed by atoms with Gasteiger partial charge in [0.05, 0.1) is 4.92 Å². The van der Waals surface area contributed by atoms with Crippen molar-refractivity contribution in [3.8, 4) is 5.75 Å². The van der Waals surface area contributed by atoms with Crippen LogP contribution < -0.4 is 4.74 Å². The fraction of sp³-hybridized carbons (Fsp3) is 0.200. The molecule has 0 aliphatic carbocycles. The van der Waals surface area contributed by atoms with Crippen molar-refractivity contribution in [1.82, 2.24) is 0 Å². The van der Waals surface area contributed by atoms with E-state index < -0.39 is 11.1 Å². The van der Waals surface area contributed by atoms with Gasteiger partial charge in [0.15, 0.2) is 12.4 Å². The number of nitrogens with zero attached hydrogens (tertiary/aromatic N) is 1. The van der Waals surface area contributed by atoms with E-state index in [0.717, 1.165) is 0 Å². The van der Waals surface area contributed by atoms with Gasteiger partial charge in [-0.1, -0.05) is 0 Å². The van der Waals surface area contributed by atoms with Gasteiger partial charge in [0.25, 0.3) is 5.69 Å². The van der Waals surface area contributed by atoms with E-state index in [1.165, 1.54) is 31.2 Å². The molecule has 0 bridgehead atoms. The first-order chi connectivity index (χ1) is 7.99. The van der Waals surface area contributed by atoms with E-state index >= 15 is 0 Å². The van der Waals surface area contributed by atoms with Gasteiger partial charge in [-0.05, 0) is 19.1 Å². The van der Waals surface area contributed by atoms with Crippen LogP contribution in [0.15, 0.2) is 24.3 Å². The van der Waals surface area contributed by atoms with Crippen molar-refractivity contribution in [3.05, 3.63) is 34.4 Å². The number of non-ortho nitro benzene ring substituents is 1. The summed E-state index contributed by atoms with van der Waals surface area (Å²) in [6.45, 7) is 0.894. The second-order valence-electron chi connectivity index (χ2n) is 3.09. The van der Waals surface area contributed by atoms with Crippen LogP contribution in [0.5, 0.6) is 5.75 Å². The fourth-order valence-electron chi connectivity index (χ4n) is 0.922. The van der Waals surface area contributed by atoms with Crippen LogP contribution in [-0.2, 0) is 9.53 Å². The smallest absolute Gasteiger partial charge is 0.426 e. The summed E-state index contributed by atoms with van der Waals surface area (Å²) in [5.41, 5.74) is -0.116. The predicted molar refractivity (Wildman–Crippen MR) is 55.8 cm³/mol. The van der Waals surface area contributed by atoms with Gasteiger partial charge in [0.2, 0.25) is 0 Å². The van der Waals surface area contributed by atoms with E-state index in [2.05, 4.69) is 9.47 Å². The topological polar surface area (TPSA) is 95.7 Å². The van der Waals surface area contributed by atoms with Crippen LogP contribution in [0.4, 0.5) is 10.5 Å². The van der Waals surface area contributed by atoms with Crippen LogP contribution in [0.1, 0.15) is 6.92 Å². The molecule has 0 N–H and O–H groups in total. The number of ketones is 1. The molecule has 0 saturated heterocycles. The maximum Gasteiger partial charge on any atom is 0.514 e. The molecule has 0 aromatic heterocycles. The van der Waals surface area contributed by atoms with Crippen LogP contribution in [0, 0.1) is 10.1 Å². The zero-order valence-corrected chi connectivity index (χ0v) is 8.91. The van der Waals surface area contributed by atoms with E-state index in [1.54, 1.807) is 0 Å². The van der Waals surface area contributed by atoms with Gasteiger partial charge in [0, 0.05) is 12.1 Å². The van der Waals surface area contributed by atoms with Crippen LogP contribution >= 0.6 is 0 Å². The average Bonchev–Trinajstić information content (AvgIpc) is 2.27. The van der Waals surface area contributed by atoms with Crippen molar-refractivity contribution < 1.29 is 24.0 Å². The number of carbonyl (C=O) groups is 2. The molecule has 0 saturated carbocycles. The summed E-state index contributed by atoms with van der Waals surface area (Å²) in [4.78, 5) is 31.3. The van der Waals surface area contributed by atoms with Gasteiger partial charge in [-0.25, -0.2) is 4.79 Å². The third-order valence-electron chi connectivity index (χ3n) is 1.64. The van der Waals surface area contributed by atoms with Gasteiger partial charge < -0.3 is 9.47 Å². The lowest BCUT2D eigenvalue weighted by Gasteiger charge is -2.03. The van der Waals surface area contributed by atoms with Crippen molar-refractivity contribution in [2.24, 2.45) is 0 Å². The summed E-state index contributed by atoms with van der Waals surface area (Å²) in [5.74, 6) is -0.213. The van der Waals surface area contributed by atoms with Crippen LogP contribution in [0.2, 0.25) is 0 Å². The number of nitro groups is 1. The maximum absolute atomic E-state index is 11.0. The summed E-state index contributed by atoms with van der Waals surface area (Å²) in [6, 6.07) is 4.89. The molecular weight excluding hydrogens is 230 g/mol. The SMILES string of the molecule is CC(=O)COC(=O)Oc1ccc([N+](=O)[O-])cc1. The highest BCUT2D eigenvalue weighted by atomic mass is 16.7. The third-order valence-corrected chi connectivity index (χ3v) is 1.64. The zero-order valence-electron chi connectivity index (χ0n) is 8.91. The Morgan fingerprint density at radius 2 is 1.88 bits per heavy atom. The lowest BCUT2D eigenvalue weighted by Crippen LogP contribution is -2.15. The molecule has 0 radical (unpaired) electrons. The van der Waals surface area contributed by atoms with Gasteiger partial charge in [-0.15, -0.1) is 0 Å². The largest absolute Gasteiger partial charge is 0.514 e. The zero-order chi connectivity index (χ0) is 12.8. The standard InChI is InChI=1S/C10H9NO6/c1-7(12)6-16-10(13)17-9-4-2-8(3-5-9)11(14)15/h2-5H,6H2,1H3. The second kappa shape index (κ2) is 5.59. The molecule has 7 heteroatoms. The molecule has 0 amide bonds. The highest BCUT2D eigenvalue weighted by Gasteiger charge is 2.09. The van der Waals surface area contributed by atoms with Crippen LogP contribution in [0.3, 0.4) is 0 Å². The molecule has 7 nitrogen and oxygen atoms in total. The molecule has 0 heterocycles. The third kappa shape index (κ3) is 4.29. The first-order valence-electron chi connectivity index (χ1n) is 4.57. The molecule has 0 fully saturated rings. The van der Waals surface area contributed by atoms with E-state index in [-0.39, 0.29) is 23.8 Å². The number of ether oxygens (including phenoxy) is 2. The number of nitro benzene ring substituents is 1. The number of rotatable bonds is 4. The highest BCUT2D eigenvalue weighted by molar-refractivity contribution is 5.79. The van der Waals surface area contributed by atoms with Crippen LogP contribution in [0.25, 0.3) is 0 Å². The molecule has 90 valence electrons. The minimum Gasteiger partial charge on any atom is -0.426 e. The number of Topliss-reactive ketones (excluding diaryl/α,β-unsaturated/α-hetero) is 1. The molecule has 0 unspecified atom stereocenters. The summed E-state index contributed by atoms with van der Waals surface area (Å²) >= 11 is 0. The predicted octanol–water partition coefficient (Wildman–Crippen LogP) is 1.70. The monoisotopic (exact) mass is 239 g/mol. The molecular formula is C10H9NO6.